The maximum absolute atomic E-state index is 12.2. The third-order valence-corrected chi connectivity index (χ3v) is 3.80. The lowest BCUT2D eigenvalue weighted by atomic mass is 10.0. The number of benzene rings is 1. The molecule has 0 spiro atoms. The van der Waals surface area contributed by atoms with Crippen LogP contribution in [0.15, 0.2) is 49.1 Å². The van der Waals surface area contributed by atoms with Gasteiger partial charge in [-0.1, -0.05) is 26.0 Å². The zero-order valence-corrected chi connectivity index (χ0v) is 14.4. The summed E-state index contributed by atoms with van der Waals surface area (Å²) in [6.45, 7) is 6.14. The van der Waals surface area contributed by atoms with Gasteiger partial charge < -0.3 is 5.32 Å². The van der Waals surface area contributed by atoms with Crippen molar-refractivity contribution in [3.63, 3.8) is 0 Å². The molecular weight excluding hydrogens is 316 g/mol. The molecular formula is C18H20N6O. The molecule has 128 valence electrons. The Morgan fingerprint density at radius 2 is 1.84 bits per heavy atom. The average Bonchev–Trinajstić information content (AvgIpc) is 3.01. The van der Waals surface area contributed by atoms with Gasteiger partial charge in [-0.15, -0.1) is 0 Å². The van der Waals surface area contributed by atoms with Crippen LogP contribution < -0.4 is 10.6 Å². The maximum Gasteiger partial charge on any atom is 0.324 e. The molecule has 0 atom stereocenters. The number of carbonyl (C=O) groups excluding carboxylic acids is 1. The van der Waals surface area contributed by atoms with Crippen molar-refractivity contribution >= 4 is 17.5 Å². The van der Waals surface area contributed by atoms with Crippen molar-refractivity contribution in [2.75, 3.05) is 10.6 Å². The normalized spacial score (nSPS) is 10.7. The van der Waals surface area contributed by atoms with Crippen LogP contribution in [0.2, 0.25) is 0 Å². The first-order chi connectivity index (χ1) is 12.0. The molecule has 25 heavy (non-hydrogen) atoms. The highest BCUT2D eigenvalue weighted by Crippen LogP contribution is 2.17. The highest BCUT2D eigenvalue weighted by molar-refractivity contribution is 5.99. The number of amides is 2. The predicted molar refractivity (Wildman–Crippen MR) is 97.1 cm³/mol. The zero-order valence-electron chi connectivity index (χ0n) is 14.4. The Labute approximate surface area is 146 Å². The summed E-state index contributed by atoms with van der Waals surface area (Å²) < 4.78 is 1.81. The van der Waals surface area contributed by atoms with E-state index in [-0.39, 0.29) is 6.03 Å². The van der Waals surface area contributed by atoms with Gasteiger partial charge in [-0.2, -0.15) is 0 Å². The first-order valence-corrected chi connectivity index (χ1v) is 8.03. The second-order valence-electron chi connectivity index (χ2n) is 5.96. The van der Waals surface area contributed by atoms with E-state index in [4.69, 9.17) is 0 Å². The number of urea groups is 1. The standard InChI is InChI=1S/C18H20N6O/c1-12(2)14-4-6-15(7-5-14)22-18(25)23-16-10-17(21-11-20-16)24-9-8-19-13(24)3/h4-12H,1-3H3,(H2,20,21,22,23,25). The average molecular weight is 336 g/mol. The maximum atomic E-state index is 12.2. The number of anilines is 2. The minimum atomic E-state index is -0.357. The summed E-state index contributed by atoms with van der Waals surface area (Å²) >= 11 is 0. The zero-order chi connectivity index (χ0) is 17.8. The van der Waals surface area contributed by atoms with E-state index in [2.05, 4.69) is 39.4 Å². The van der Waals surface area contributed by atoms with Gasteiger partial charge in [-0.3, -0.25) is 9.88 Å². The van der Waals surface area contributed by atoms with Crippen LogP contribution in [0.3, 0.4) is 0 Å². The molecule has 3 rings (SSSR count). The minimum Gasteiger partial charge on any atom is -0.308 e. The number of hydrogen-bond acceptors (Lipinski definition) is 4. The van der Waals surface area contributed by atoms with Gasteiger partial charge in [0.2, 0.25) is 0 Å². The number of rotatable bonds is 4. The van der Waals surface area contributed by atoms with Gasteiger partial charge in [0, 0.05) is 24.1 Å². The Bertz CT molecular complexity index is 869. The van der Waals surface area contributed by atoms with E-state index in [9.17, 15) is 4.79 Å². The van der Waals surface area contributed by atoms with Crippen molar-refractivity contribution in [1.29, 1.82) is 0 Å². The second kappa shape index (κ2) is 7.12. The molecule has 0 bridgehead atoms. The van der Waals surface area contributed by atoms with Crippen LogP contribution >= 0.6 is 0 Å². The van der Waals surface area contributed by atoms with Gasteiger partial charge in [0.25, 0.3) is 0 Å². The summed E-state index contributed by atoms with van der Waals surface area (Å²) in [5.74, 6) is 2.31. The molecule has 0 saturated heterocycles. The van der Waals surface area contributed by atoms with Crippen LogP contribution in [0.5, 0.6) is 0 Å². The van der Waals surface area contributed by atoms with E-state index >= 15 is 0 Å². The molecule has 2 aromatic heterocycles. The SMILES string of the molecule is Cc1nccn1-c1cc(NC(=O)Nc2ccc(C(C)C)cc2)ncn1. The molecule has 0 aliphatic heterocycles. The number of nitrogens with zero attached hydrogens (tertiary/aromatic N) is 4. The lowest BCUT2D eigenvalue weighted by Gasteiger charge is -2.10. The van der Waals surface area contributed by atoms with Crippen molar-refractivity contribution in [2.45, 2.75) is 26.7 Å². The predicted octanol–water partition coefficient (Wildman–Crippen LogP) is 3.74. The largest absolute Gasteiger partial charge is 0.324 e. The van der Waals surface area contributed by atoms with Crippen LogP contribution in [0.25, 0.3) is 5.82 Å². The molecule has 0 aliphatic rings. The van der Waals surface area contributed by atoms with Crippen molar-refractivity contribution < 1.29 is 4.79 Å². The van der Waals surface area contributed by atoms with E-state index in [1.54, 1.807) is 18.5 Å². The quantitative estimate of drug-likeness (QED) is 0.760. The fourth-order valence-electron chi connectivity index (χ4n) is 2.40. The van der Waals surface area contributed by atoms with Gasteiger partial charge in [0.1, 0.15) is 23.8 Å². The van der Waals surface area contributed by atoms with Crippen molar-refractivity contribution in [2.24, 2.45) is 0 Å². The molecule has 7 heteroatoms. The molecule has 0 fully saturated rings. The summed E-state index contributed by atoms with van der Waals surface area (Å²) in [5.41, 5.74) is 1.95. The Kier molecular flexibility index (Phi) is 4.74. The molecule has 0 aliphatic carbocycles. The molecule has 2 heterocycles. The summed E-state index contributed by atoms with van der Waals surface area (Å²) in [7, 11) is 0. The van der Waals surface area contributed by atoms with E-state index in [1.807, 2.05) is 35.8 Å². The molecule has 0 saturated carbocycles. The van der Waals surface area contributed by atoms with Crippen LogP contribution in [-0.2, 0) is 0 Å². The number of nitrogens with one attached hydrogen (secondary N) is 2. The van der Waals surface area contributed by atoms with Crippen molar-refractivity contribution in [3.8, 4) is 5.82 Å². The van der Waals surface area contributed by atoms with E-state index in [1.165, 1.54) is 11.9 Å². The van der Waals surface area contributed by atoms with Crippen LogP contribution in [0.1, 0.15) is 31.2 Å². The second-order valence-corrected chi connectivity index (χ2v) is 5.96. The highest BCUT2D eigenvalue weighted by atomic mass is 16.2. The molecule has 3 aromatic rings. The monoisotopic (exact) mass is 336 g/mol. The first-order valence-electron chi connectivity index (χ1n) is 8.03. The smallest absolute Gasteiger partial charge is 0.308 e. The molecule has 2 amide bonds. The fraction of sp³-hybridized carbons (Fsp3) is 0.222. The third kappa shape index (κ3) is 4.00. The van der Waals surface area contributed by atoms with Crippen molar-refractivity contribution in [3.05, 3.63) is 60.4 Å². The minimum absolute atomic E-state index is 0.357. The molecule has 1 aromatic carbocycles. The van der Waals surface area contributed by atoms with Crippen molar-refractivity contribution in [1.82, 2.24) is 19.5 Å². The molecule has 0 radical (unpaired) electrons. The Morgan fingerprint density at radius 1 is 1.08 bits per heavy atom. The van der Waals surface area contributed by atoms with Crippen LogP contribution in [-0.4, -0.2) is 25.6 Å². The summed E-state index contributed by atoms with van der Waals surface area (Å²) in [6.07, 6.45) is 4.90. The summed E-state index contributed by atoms with van der Waals surface area (Å²) in [4.78, 5) is 24.6. The number of hydrogen-bond donors (Lipinski definition) is 2. The Hall–Kier alpha value is -3.22. The van der Waals surface area contributed by atoms with Gasteiger partial charge in [0.05, 0.1) is 0 Å². The molecule has 0 unspecified atom stereocenters. The van der Waals surface area contributed by atoms with Crippen LogP contribution in [0.4, 0.5) is 16.3 Å². The molecule has 2 N–H and O–H groups in total. The number of imidazole rings is 1. The lowest BCUT2D eigenvalue weighted by Crippen LogP contribution is -2.20. The highest BCUT2D eigenvalue weighted by Gasteiger charge is 2.08. The summed E-state index contributed by atoms with van der Waals surface area (Å²) in [6, 6.07) is 9.11. The Balaban J connectivity index is 1.68. The Morgan fingerprint density at radius 3 is 2.48 bits per heavy atom. The lowest BCUT2D eigenvalue weighted by molar-refractivity contribution is 0.262. The molecule has 7 nitrogen and oxygen atoms in total. The van der Waals surface area contributed by atoms with E-state index < -0.39 is 0 Å². The topological polar surface area (TPSA) is 84.7 Å². The van der Waals surface area contributed by atoms with Crippen LogP contribution in [0, 0.1) is 6.92 Å². The van der Waals surface area contributed by atoms with E-state index in [0.717, 1.165) is 11.5 Å². The van der Waals surface area contributed by atoms with E-state index in [0.29, 0.717) is 17.6 Å². The van der Waals surface area contributed by atoms with Gasteiger partial charge in [-0.05, 0) is 30.5 Å². The fourth-order valence-corrected chi connectivity index (χ4v) is 2.40. The van der Waals surface area contributed by atoms with Gasteiger partial charge in [0.15, 0.2) is 0 Å². The third-order valence-electron chi connectivity index (χ3n) is 3.80. The van der Waals surface area contributed by atoms with Gasteiger partial charge in [-0.25, -0.2) is 19.7 Å². The van der Waals surface area contributed by atoms with Gasteiger partial charge >= 0.3 is 6.03 Å². The number of carbonyl (C=O) groups is 1. The number of aryl methyl sites for hydroxylation is 1. The number of aromatic nitrogens is 4. The first kappa shape index (κ1) is 16.6. The summed E-state index contributed by atoms with van der Waals surface area (Å²) in [5, 5.41) is 5.51.